The first-order valence-electron chi connectivity index (χ1n) is 5.83. The summed E-state index contributed by atoms with van der Waals surface area (Å²) in [4.78, 5) is 1.62. The molecule has 3 nitrogen and oxygen atoms in total. The summed E-state index contributed by atoms with van der Waals surface area (Å²) in [6, 6.07) is 9.57. The standard InChI is InChI=1S/C14H15NO2S2/c1-16-10-4-5-12(14(15)18)13(9-10)17-7-6-11-3-2-8-19-11/h2-5,8-9H,6-7H2,1H3,(H2,15,18). The summed E-state index contributed by atoms with van der Waals surface area (Å²) in [7, 11) is 1.62. The van der Waals surface area contributed by atoms with Gasteiger partial charge in [0.05, 0.1) is 19.3 Å². The van der Waals surface area contributed by atoms with Crippen LogP contribution in [0.5, 0.6) is 11.5 Å². The van der Waals surface area contributed by atoms with Crippen molar-refractivity contribution in [3.63, 3.8) is 0 Å². The summed E-state index contributed by atoms with van der Waals surface area (Å²) in [5, 5.41) is 2.06. The molecule has 0 aliphatic heterocycles. The Hall–Kier alpha value is -1.59. The lowest BCUT2D eigenvalue weighted by Crippen LogP contribution is -2.12. The van der Waals surface area contributed by atoms with Crippen LogP contribution in [0.2, 0.25) is 0 Å². The molecule has 2 aromatic rings. The topological polar surface area (TPSA) is 44.5 Å². The fraction of sp³-hybridized carbons (Fsp3) is 0.214. The first kappa shape index (κ1) is 13.8. The summed E-state index contributed by atoms with van der Waals surface area (Å²) in [6.07, 6.45) is 0.867. The van der Waals surface area contributed by atoms with Crippen LogP contribution < -0.4 is 15.2 Å². The van der Waals surface area contributed by atoms with Crippen LogP contribution >= 0.6 is 23.6 Å². The van der Waals surface area contributed by atoms with Crippen molar-refractivity contribution < 1.29 is 9.47 Å². The highest BCUT2D eigenvalue weighted by molar-refractivity contribution is 7.80. The summed E-state index contributed by atoms with van der Waals surface area (Å²) in [6.45, 7) is 0.587. The summed E-state index contributed by atoms with van der Waals surface area (Å²) >= 11 is 6.74. The van der Waals surface area contributed by atoms with Crippen LogP contribution in [-0.2, 0) is 6.42 Å². The first-order valence-corrected chi connectivity index (χ1v) is 7.12. The maximum absolute atomic E-state index is 5.77. The van der Waals surface area contributed by atoms with E-state index >= 15 is 0 Å². The molecule has 100 valence electrons. The Bertz CT molecular complexity index is 553. The fourth-order valence-electron chi connectivity index (χ4n) is 1.67. The smallest absolute Gasteiger partial charge is 0.133 e. The van der Waals surface area contributed by atoms with Crippen molar-refractivity contribution in [1.82, 2.24) is 0 Å². The quantitative estimate of drug-likeness (QED) is 0.832. The summed E-state index contributed by atoms with van der Waals surface area (Å²) in [5.74, 6) is 1.40. The molecule has 0 amide bonds. The molecule has 2 N–H and O–H groups in total. The average Bonchev–Trinajstić information content (AvgIpc) is 2.91. The van der Waals surface area contributed by atoms with Gasteiger partial charge in [-0.25, -0.2) is 0 Å². The van der Waals surface area contributed by atoms with Gasteiger partial charge >= 0.3 is 0 Å². The van der Waals surface area contributed by atoms with Crippen molar-refractivity contribution in [2.24, 2.45) is 5.73 Å². The van der Waals surface area contributed by atoms with Gasteiger partial charge in [0.2, 0.25) is 0 Å². The van der Waals surface area contributed by atoms with Gasteiger partial charge in [-0.2, -0.15) is 0 Å². The van der Waals surface area contributed by atoms with Crippen molar-refractivity contribution in [2.45, 2.75) is 6.42 Å². The zero-order valence-electron chi connectivity index (χ0n) is 10.6. The molecule has 1 aromatic carbocycles. The second-order valence-electron chi connectivity index (χ2n) is 3.90. The minimum absolute atomic E-state index is 0.328. The molecule has 2 rings (SSSR count). The maximum Gasteiger partial charge on any atom is 0.133 e. The van der Waals surface area contributed by atoms with E-state index in [4.69, 9.17) is 27.4 Å². The zero-order valence-corrected chi connectivity index (χ0v) is 12.2. The first-order chi connectivity index (χ1) is 9.20. The predicted molar refractivity (Wildman–Crippen MR) is 82.4 cm³/mol. The molecule has 0 bridgehead atoms. The highest BCUT2D eigenvalue weighted by atomic mass is 32.1. The van der Waals surface area contributed by atoms with E-state index in [1.54, 1.807) is 18.4 Å². The van der Waals surface area contributed by atoms with E-state index in [1.165, 1.54) is 4.88 Å². The third-order valence-electron chi connectivity index (χ3n) is 2.64. The van der Waals surface area contributed by atoms with E-state index in [1.807, 2.05) is 24.3 Å². The third kappa shape index (κ3) is 3.68. The fourth-order valence-corrected chi connectivity index (χ4v) is 2.53. The van der Waals surface area contributed by atoms with Gasteiger partial charge in [-0.15, -0.1) is 11.3 Å². The van der Waals surface area contributed by atoms with Gasteiger partial charge in [0, 0.05) is 17.4 Å². The number of methoxy groups -OCH3 is 1. The van der Waals surface area contributed by atoms with Gasteiger partial charge in [0.1, 0.15) is 16.5 Å². The van der Waals surface area contributed by atoms with Crippen LogP contribution in [0.1, 0.15) is 10.4 Å². The van der Waals surface area contributed by atoms with Crippen LogP contribution in [0.25, 0.3) is 0 Å². The molecule has 0 radical (unpaired) electrons. The van der Waals surface area contributed by atoms with E-state index in [2.05, 4.69) is 11.4 Å². The van der Waals surface area contributed by atoms with Crippen molar-refractivity contribution in [3.05, 3.63) is 46.2 Å². The highest BCUT2D eigenvalue weighted by Gasteiger charge is 2.08. The number of ether oxygens (including phenoxy) is 2. The van der Waals surface area contributed by atoms with Crippen molar-refractivity contribution in [3.8, 4) is 11.5 Å². The second-order valence-corrected chi connectivity index (χ2v) is 5.38. The zero-order chi connectivity index (χ0) is 13.7. The molecule has 1 aromatic heterocycles. The third-order valence-corrected chi connectivity index (χ3v) is 3.80. The number of hydrogen-bond donors (Lipinski definition) is 1. The maximum atomic E-state index is 5.77. The molecule has 5 heteroatoms. The predicted octanol–water partition coefficient (Wildman–Crippen LogP) is 3.01. The Balaban J connectivity index is 2.06. The number of hydrogen-bond acceptors (Lipinski definition) is 4. The molecule has 0 saturated heterocycles. The summed E-state index contributed by atoms with van der Waals surface area (Å²) < 4.78 is 11.0. The molecular formula is C14H15NO2S2. The molecule has 0 saturated carbocycles. The number of nitrogens with two attached hydrogens (primary N) is 1. The molecule has 0 spiro atoms. The number of benzene rings is 1. The van der Waals surface area contributed by atoms with Crippen molar-refractivity contribution >= 4 is 28.5 Å². The normalized spacial score (nSPS) is 10.2. The van der Waals surface area contributed by atoms with Gasteiger partial charge in [0.15, 0.2) is 0 Å². The van der Waals surface area contributed by atoms with E-state index in [0.29, 0.717) is 17.3 Å². The minimum Gasteiger partial charge on any atom is -0.497 e. The van der Waals surface area contributed by atoms with Gasteiger partial charge in [-0.05, 0) is 23.6 Å². The van der Waals surface area contributed by atoms with Gasteiger partial charge in [-0.3, -0.25) is 0 Å². The molecule has 0 aliphatic rings. The molecule has 0 atom stereocenters. The SMILES string of the molecule is COc1ccc(C(N)=S)c(OCCc2cccs2)c1. The lowest BCUT2D eigenvalue weighted by Gasteiger charge is -2.11. The van der Waals surface area contributed by atoms with Crippen LogP contribution in [0.4, 0.5) is 0 Å². The molecular weight excluding hydrogens is 278 g/mol. The van der Waals surface area contributed by atoms with Gasteiger partial charge < -0.3 is 15.2 Å². The Labute approximate surface area is 122 Å². The average molecular weight is 293 g/mol. The second kappa shape index (κ2) is 6.54. The van der Waals surface area contributed by atoms with Gasteiger partial charge in [0.25, 0.3) is 0 Å². The Morgan fingerprint density at radius 2 is 2.21 bits per heavy atom. The minimum atomic E-state index is 0.328. The van der Waals surface area contributed by atoms with E-state index < -0.39 is 0 Å². The molecule has 19 heavy (non-hydrogen) atoms. The van der Waals surface area contributed by atoms with Gasteiger partial charge in [-0.1, -0.05) is 18.3 Å². The van der Waals surface area contributed by atoms with Crippen molar-refractivity contribution in [2.75, 3.05) is 13.7 Å². The number of thiocarbonyl (C=S) groups is 1. The summed E-state index contributed by atoms with van der Waals surface area (Å²) in [5.41, 5.74) is 6.42. The monoisotopic (exact) mass is 293 g/mol. The highest BCUT2D eigenvalue weighted by Crippen LogP contribution is 2.25. The Morgan fingerprint density at radius 3 is 2.84 bits per heavy atom. The van der Waals surface area contributed by atoms with E-state index in [-0.39, 0.29) is 0 Å². The van der Waals surface area contributed by atoms with Crippen LogP contribution in [0.3, 0.4) is 0 Å². The Morgan fingerprint density at radius 1 is 1.37 bits per heavy atom. The lowest BCUT2D eigenvalue weighted by molar-refractivity contribution is 0.319. The molecule has 0 aliphatic carbocycles. The van der Waals surface area contributed by atoms with Crippen LogP contribution in [0, 0.1) is 0 Å². The van der Waals surface area contributed by atoms with Crippen molar-refractivity contribution in [1.29, 1.82) is 0 Å². The number of thiophene rings is 1. The number of rotatable bonds is 6. The van der Waals surface area contributed by atoms with Crippen LogP contribution in [-0.4, -0.2) is 18.7 Å². The molecule has 1 heterocycles. The van der Waals surface area contributed by atoms with E-state index in [0.717, 1.165) is 17.7 Å². The lowest BCUT2D eigenvalue weighted by atomic mass is 10.2. The largest absolute Gasteiger partial charge is 0.497 e. The van der Waals surface area contributed by atoms with E-state index in [9.17, 15) is 0 Å². The van der Waals surface area contributed by atoms with Crippen LogP contribution in [0.15, 0.2) is 35.7 Å². The molecule has 0 unspecified atom stereocenters. The Kier molecular flexibility index (Phi) is 4.76. The molecule has 0 fully saturated rings.